The summed E-state index contributed by atoms with van der Waals surface area (Å²) in [5.74, 6) is -5.89. The Balaban J connectivity index is 2.11. The van der Waals surface area contributed by atoms with E-state index in [0.717, 1.165) is 12.8 Å². The average Bonchev–Trinajstić information content (AvgIpc) is 2.67. The maximum Gasteiger partial charge on any atom is 0.168 e. The first-order chi connectivity index (χ1) is 8.90. The smallest absolute Gasteiger partial charge is 0.168 e. The normalized spacial score (nSPS) is 33.7. The van der Waals surface area contributed by atoms with Gasteiger partial charge in [0.15, 0.2) is 23.3 Å². The Hall–Kier alpha value is -0.750. The van der Waals surface area contributed by atoms with E-state index in [9.17, 15) is 22.7 Å². The van der Waals surface area contributed by atoms with Crippen LogP contribution in [0.4, 0.5) is 17.6 Å². The van der Waals surface area contributed by atoms with Gasteiger partial charge in [0.1, 0.15) is 0 Å². The van der Waals surface area contributed by atoms with Crippen molar-refractivity contribution in [3.05, 3.63) is 34.9 Å². The first-order valence-corrected chi connectivity index (χ1v) is 7.06. The SMILES string of the molecule is OC1(c2c(F)c(F)cc(F)c2F)CC2CCC(C1)S2. The summed E-state index contributed by atoms with van der Waals surface area (Å²) in [6.45, 7) is 0. The molecule has 2 bridgehead atoms. The number of halogens is 4. The third-order valence-corrected chi connectivity index (χ3v) is 5.48. The summed E-state index contributed by atoms with van der Waals surface area (Å²) in [7, 11) is 0. The molecule has 2 aliphatic heterocycles. The molecule has 19 heavy (non-hydrogen) atoms. The van der Waals surface area contributed by atoms with E-state index in [0.29, 0.717) is 0 Å². The third kappa shape index (κ3) is 2.05. The second kappa shape index (κ2) is 4.38. The molecule has 1 aromatic rings. The van der Waals surface area contributed by atoms with E-state index in [1.807, 2.05) is 0 Å². The molecule has 0 aromatic heterocycles. The molecule has 0 spiro atoms. The second-order valence-corrected chi connectivity index (χ2v) is 6.85. The van der Waals surface area contributed by atoms with Crippen LogP contribution in [-0.4, -0.2) is 15.6 Å². The van der Waals surface area contributed by atoms with E-state index in [2.05, 4.69) is 0 Å². The van der Waals surface area contributed by atoms with Gasteiger partial charge < -0.3 is 5.11 Å². The lowest BCUT2D eigenvalue weighted by atomic mass is 9.85. The molecule has 1 N–H and O–H groups in total. The van der Waals surface area contributed by atoms with Crippen molar-refractivity contribution in [2.24, 2.45) is 0 Å². The fourth-order valence-corrected chi connectivity index (χ4v) is 4.94. The van der Waals surface area contributed by atoms with Crippen LogP contribution in [0.1, 0.15) is 31.2 Å². The van der Waals surface area contributed by atoms with E-state index in [1.165, 1.54) is 0 Å². The van der Waals surface area contributed by atoms with Gasteiger partial charge in [-0.15, -0.1) is 0 Å². The number of hydrogen-bond acceptors (Lipinski definition) is 2. The van der Waals surface area contributed by atoms with Crippen molar-refractivity contribution in [3.8, 4) is 0 Å². The van der Waals surface area contributed by atoms with Gasteiger partial charge in [0.25, 0.3) is 0 Å². The van der Waals surface area contributed by atoms with Crippen LogP contribution in [0.2, 0.25) is 0 Å². The van der Waals surface area contributed by atoms with Crippen LogP contribution in [0.25, 0.3) is 0 Å². The molecule has 3 rings (SSSR count). The van der Waals surface area contributed by atoms with Crippen LogP contribution in [0, 0.1) is 23.3 Å². The molecule has 0 aliphatic carbocycles. The van der Waals surface area contributed by atoms with Crippen LogP contribution in [-0.2, 0) is 5.60 Å². The molecule has 0 saturated carbocycles. The first-order valence-electron chi connectivity index (χ1n) is 6.12. The first kappa shape index (κ1) is 13.2. The Labute approximate surface area is 112 Å². The van der Waals surface area contributed by atoms with Gasteiger partial charge in [0.2, 0.25) is 0 Å². The Bertz CT molecular complexity index is 496. The highest BCUT2D eigenvalue weighted by molar-refractivity contribution is 8.00. The molecule has 1 aromatic carbocycles. The zero-order valence-electron chi connectivity index (χ0n) is 9.93. The highest BCUT2D eigenvalue weighted by Gasteiger charge is 2.47. The van der Waals surface area contributed by atoms with E-state index < -0.39 is 34.4 Å². The molecule has 2 fully saturated rings. The maximum absolute atomic E-state index is 13.8. The van der Waals surface area contributed by atoms with Gasteiger partial charge in [-0.2, -0.15) is 11.8 Å². The minimum atomic E-state index is -1.81. The van der Waals surface area contributed by atoms with Gasteiger partial charge in [-0.05, 0) is 25.7 Å². The molecule has 2 heterocycles. The van der Waals surface area contributed by atoms with Gasteiger partial charge in [-0.25, -0.2) is 17.6 Å². The molecule has 2 saturated heterocycles. The fourth-order valence-electron chi connectivity index (χ4n) is 3.10. The summed E-state index contributed by atoms with van der Waals surface area (Å²) >= 11 is 1.68. The quantitative estimate of drug-likeness (QED) is 0.631. The number of benzene rings is 1. The zero-order chi connectivity index (χ0) is 13.8. The molecular formula is C13H12F4OS. The summed E-state index contributed by atoms with van der Waals surface area (Å²) in [5.41, 5.74) is -2.66. The lowest BCUT2D eigenvalue weighted by Crippen LogP contribution is -2.37. The van der Waals surface area contributed by atoms with Gasteiger partial charge in [0.05, 0.1) is 11.2 Å². The van der Waals surface area contributed by atoms with Crippen molar-refractivity contribution in [1.29, 1.82) is 0 Å². The summed E-state index contributed by atoms with van der Waals surface area (Å²) in [5, 5.41) is 10.7. The molecule has 104 valence electrons. The zero-order valence-corrected chi connectivity index (χ0v) is 10.7. The average molecular weight is 292 g/mol. The fraction of sp³-hybridized carbons (Fsp3) is 0.538. The van der Waals surface area contributed by atoms with Crippen molar-refractivity contribution in [1.82, 2.24) is 0 Å². The predicted octanol–water partition coefficient (Wildman–Crippen LogP) is 3.49. The number of hydrogen-bond donors (Lipinski definition) is 1. The standard InChI is InChI=1S/C13H12F4OS/c14-8-3-9(15)12(17)10(11(8)16)13(18)4-6-1-2-7(5-13)19-6/h3,6-7,18H,1-2,4-5H2. The monoisotopic (exact) mass is 292 g/mol. The molecule has 2 atom stereocenters. The van der Waals surface area contributed by atoms with Crippen molar-refractivity contribution in [2.45, 2.75) is 41.8 Å². The highest BCUT2D eigenvalue weighted by atomic mass is 32.2. The second-order valence-electron chi connectivity index (χ2n) is 5.24. The van der Waals surface area contributed by atoms with Gasteiger partial charge >= 0.3 is 0 Å². The molecule has 1 nitrogen and oxygen atoms in total. The largest absolute Gasteiger partial charge is 0.385 e. The van der Waals surface area contributed by atoms with Crippen LogP contribution in [0.3, 0.4) is 0 Å². The van der Waals surface area contributed by atoms with Gasteiger partial charge in [-0.1, -0.05) is 0 Å². The molecule has 6 heteroatoms. The highest BCUT2D eigenvalue weighted by Crippen LogP contribution is 2.52. The number of fused-ring (bicyclic) bond motifs is 2. The minimum Gasteiger partial charge on any atom is -0.385 e. The van der Waals surface area contributed by atoms with E-state index in [-0.39, 0.29) is 29.4 Å². The minimum absolute atomic E-state index is 0.0916. The Morgan fingerprint density at radius 2 is 1.47 bits per heavy atom. The lowest BCUT2D eigenvalue weighted by Gasteiger charge is -2.36. The van der Waals surface area contributed by atoms with Crippen molar-refractivity contribution >= 4 is 11.8 Å². The van der Waals surface area contributed by atoms with Crippen molar-refractivity contribution in [3.63, 3.8) is 0 Å². The van der Waals surface area contributed by atoms with Gasteiger partial charge in [-0.3, -0.25) is 0 Å². The number of thioether (sulfide) groups is 1. The number of rotatable bonds is 1. The van der Waals surface area contributed by atoms with Crippen LogP contribution in [0.15, 0.2) is 6.07 Å². The van der Waals surface area contributed by atoms with Crippen LogP contribution >= 0.6 is 11.8 Å². The summed E-state index contributed by atoms with van der Waals surface area (Å²) in [4.78, 5) is 0. The summed E-state index contributed by atoms with van der Waals surface area (Å²) in [6.07, 6.45) is 1.98. The van der Waals surface area contributed by atoms with Crippen molar-refractivity contribution in [2.75, 3.05) is 0 Å². The van der Waals surface area contributed by atoms with Gasteiger partial charge in [0, 0.05) is 16.6 Å². The van der Waals surface area contributed by atoms with Crippen LogP contribution < -0.4 is 0 Å². The summed E-state index contributed by atoms with van der Waals surface area (Å²) in [6, 6.07) is 0.170. The Kier molecular flexibility index (Phi) is 3.05. The molecule has 2 unspecified atom stereocenters. The Morgan fingerprint density at radius 3 is 1.95 bits per heavy atom. The topological polar surface area (TPSA) is 20.2 Å². The molecular weight excluding hydrogens is 280 g/mol. The number of aliphatic hydroxyl groups is 1. The third-order valence-electron chi connectivity index (χ3n) is 3.90. The van der Waals surface area contributed by atoms with E-state index in [1.54, 1.807) is 11.8 Å². The predicted molar refractivity (Wildman–Crippen MR) is 63.8 cm³/mol. The van der Waals surface area contributed by atoms with Crippen molar-refractivity contribution < 1.29 is 22.7 Å². The maximum atomic E-state index is 13.8. The molecule has 2 aliphatic rings. The molecule has 0 amide bonds. The van der Waals surface area contributed by atoms with E-state index >= 15 is 0 Å². The Morgan fingerprint density at radius 1 is 1.00 bits per heavy atom. The summed E-state index contributed by atoms with van der Waals surface area (Å²) < 4.78 is 54.1. The molecule has 0 radical (unpaired) electrons. The van der Waals surface area contributed by atoms with Crippen LogP contribution in [0.5, 0.6) is 0 Å². The lowest BCUT2D eigenvalue weighted by molar-refractivity contribution is 0.0112. The van der Waals surface area contributed by atoms with E-state index in [4.69, 9.17) is 0 Å².